The predicted octanol–water partition coefficient (Wildman–Crippen LogP) is 4.36. The van der Waals surface area contributed by atoms with Gasteiger partial charge in [0.25, 0.3) is 5.91 Å². The average Bonchev–Trinajstić information content (AvgIpc) is 2.66. The largest absolute Gasteiger partial charge is 0.453 e. The van der Waals surface area contributed by atoms with Crippen LogP contribution in [-0.4, -0.2) is 18.0 Å². The summed E-state index contributed by atoms with van der Waals surface area (Å²) in [6, 6.07) is 16.9. The molecule has 2 aromatic rings. The summed E-state index contributed by atoms with van der Waals surface area (Å²) in [7, 11) is 0. The van der Waals surface area contributed by atoms with Crippen LogP contribution in [0.2, 0.25) is 0 Å². The summed E-state index contributed by atoms with van der Waals surface area (Å²) in [4.78, 5) is 24.3. The fourth-order valence-electron chi connectivity index (χ4n) is 2.65. The molecule has 1 amide bonds. The number of hydrogen-bond donors (Lipinski definition) is 1. The molecule has 5 nitrogen and oxygen atoms in total. The summed E-state index contributed by atoms with van der Waals surface area (Å²) in [5.74, 6) is -0.901. The van der Waals surface area contributed by atoms with Crippen LogP contribution in [0.25, 0.3) is 0 Å². The lowest BCUT2D eigenvalue weighted by Gasteiger charge is -2.19. The lowest BCUT2D eigenvalue weighted by Crippen LogP contribution is -2.30. The van der Waals surface area contributed by atoms with E-state index in [0.29, 0.717) is 17.7 Å². The molecule has 0 saturated heterocycles. The van der Waals surface area contributed by atoms with Crippen molar-refractivity contribution in [3.8, 4) is 6.07 Å². The maximum atomic E-state index is 12.2. The van der Waals surface area contributed by atoms with Crippen molar-refractivity contribution in [1.29, 1.82) is 5.26 Å². The van der Waals surface area contributed by atoms with Crippen molar-refractivity contribution in [2.75, 3.05) is 5.32 Å². The highest BCUT2D eigenvalue weighted by Crippen LogP contribution is 2.22. The van der Waals surface area contributed by atoms with Crippen molar-refractivity contribution in [2.24, 2.45) is 0 Å². The van der Waals surface area contributed by atoms with E-state index in [4.69, 9.17) is 10.00 Å². The second-order valence-electron chi connectivity index (χ2n) is 7.73. The summed E-state index contributed by atoms with van der Waals surface area (Å²) >= 11 is 0. The maximum absolute atomic E-state index is 12.2. The van der Waals surface area contributed by atoms with E-state index in [0.717, 1.165) is 5.56 Å². The minimum absolute atomic E-state index is 0.0877. The van der Waals surface area contributed by atoms with Crippen LogP contribution in [-0.2, 0) is 26.2 Å². The molecule has 0 radical (unpaired) electrons. The Morgan fingerprint density at radius 3 is 2.36 bits per heavy atom. The van der Waals surface area contributed by atoms with Crippen LogP contribution in [0.5, 0.6) is 0 Å². The van der Waals surface area contributed by atoms with Crippen molar-refractivity contribution < 1.29 is 14.3 Å². The third-order valence-electron chi connectivity index (χ3n) is 4.42. The Hall–Kier alpha value is -3.13. The second-order valence-corrected chi connectivity index (χ2v) is 7.73. The topological polar surface area (TPSA) is 79.2 Å². The average molecular weight is 378 g/mol. The fourth-order valence-corrected chi connectivity index (χ4v) is 2.65. The molecule has 0 spiro atoms. The molecule has 0 unspecified atom stereocenters. The molecular formula is C23H26N2O3. The highest BCUT2D eigenvalue weighted by molar-refractivity contribution is 5.96. The van der Waals surface area contributed by atoms with Gasteiger partial charge in [-0.25, -0.2) is 0 Å². The molecule has 0 bridgehead atoms. The van der Waals surface area contributed by atoms with Gasteiger partial charge in [0.2, 0.25) is 0 Å². The Bertz CT molecular complexity index is 874. The van der Waals surface area contributed by atoms with E-state index in [2.05, 4.69) is 38.2 Å². The van der Waals surface area contributed by atoms with Crippen molar-refractivity contribution in [3.63, 3.8) is 0 Å². The minimum atomic E-state index is -0.942. The number of para-hydroxylation sites is 1. The maximum Gasteiger partial charge on any atom is 0.306 e. The number of hydrogen-bond acceptors (Lipinski definition) is 4. The zero-order valence-corrected chi connectivity index (χ0v) is 16.8. The van der Waals surface area contributed by atoms with Gasteiger partial charge in [0, 0.05) is 6.42 Å². The molecule has 146 valence electrons. The molecule has 1 N–H and O–H groups in total. The van der Waals surface area contributed by atoms with Gasteiger partial charge in [-0.1, -0.05) is 57.2 Å². The highest BCUT2D eigenvalue weighted by atomic mass is 16.5. The smallest absolute Gasteiger partial charge is 0.306 e. The summed E-state index contributed by atoms with van der Waals surface area (Å²) in [6.45, 7) is 7.98. The first kappa shape index (κ1) is 21.2. The van der Waals surface area contributed by atoms with E-state index in [-0.39, 0.29) is 11.8 Å². The SMILES string of the molecule is C[C@@H](OC(=O)CCc1ccc(C(C)(C)C)cc1)C(=O)Nc1ccccc1C#N. The number of benzene rings is 2. The number of nitrogens with one attached hydrogen (secondary N) is 1. The van der Waals surface area contributed by atoms with Gasteiger partial charge in [-0.05, 0) is 42.0 Å². The summed E-state index contributed by atoms with van der Waals surface area (Å²) in [5, 5.41) is 11.7. The molecule has 1 atom stereocenters. The Morgan fingerprint density at radius 1 is 1.11 bits per heavy atom. The molecule has 0 aromatic heterocycles. The molecule has 0 saturated carbocycles. The molecular weight excluding hydrogens is 352 g/mol. The number of esters is 1. The van der Waals surface area contributed by atoms with Crippen molar-refractivity contribution in [1.82, 2.24) is 0 Å². The molecule has 0 fully saturated rings. The third kappa shape index (κ3) is 5.95. The second kappa shape index (κ2) is 9.18. The van der Waals surface area contributed by atoms with Gasteiger partial charge in [-0.2, -0.15) is 5.26 Å². The predicted molar refractivity (Wildman–Crippen MR) is 109 cm³/mol. The number of anilines is 1. The lowest BCUT2D eigenvalue weighted by atomic mass is 9.86. The molecule has 5 heteroatoms. The number of aryl methyl sites for hydroxylation is 1. The van der Waals surface area contributed by atoms with Crippen LogP contribution < -0.4 is 5.32 Å². The van der Waals surface area contributed by atoms with Crippen molar-refractivity contribution in [2.45, 2.75) is 52.1 Å². The van der Waals surface area contributed by atoms with Gasteiger partial charge in [-0.15, -0.1) is 0 Å². The van der Waals surface area contributed by atoms with Crippen LogP contribution in [0.1, 0.15) is 50.8 Å². The van der Waals surface area contributed by atoms with Crippen LogP contribution in [0.4, 0.5) is 5.69 Å². The Kier molecular flexibility index (Phi) is 6.94. The quantitative estimate of drug-likeness (QED) is 0.758. The van der Waals surface area contributed by atoms with E-state index < -0.39 is 18.0 Å². The van der Waals surface area contributed by atoms with Crippen LogP contribution >= 0.6 is 0 Å². The number of ether oxygens (including phenoxy) is 1. The Morgan fingerprint density at radius 2 is 1.75 bits per heavy atom. The minimum Gasteiger partial charge on any atom is -0.453 e. The number of carbonyl (C=O) groups excluding carboxylic acids is 2. The number of carbonyl (C=O) groups is 2. The van der Waals surface area contributed by atoms with Gasteiger partial charge in [0.1, 0.15) is 6.07 Å². The number of nitriles is 1. The van der Waals surface area contributed by atoms with Crippen molar-refractivity contribution in [3.05, 3.63) is 65.2 Å². The number of nitrogens with zero attached hydrogens (tertiary/aromatic N) is 1. The van der Waals surface area contributed by atoms with Crippen LogP contribution in [0, 0.1) is 11.3 Å². The van der Waals surface area contributed by atoms with Crippen molar-refractivity contribution >= 4 is 17.6 Å². The first-order chi connectivity index (χ1) is 13.2. The standard InChI is InChI=1S/C23H26N2O3/c1-16(22(27)25-20-8-6-5-7-18(20)15-24)28-21(26)14-11-17-9-12-19(13-10-17)23(2,3)4/h5-10,12-13,16H,11,14H2,1-4H3,(H,25,27)/t16-/m1/s1. The molecule has 0 aliphatic rings. The van der Waals surface area contributed by atoms with Gasteiger partial charge in [0.05, 0.1) is 11.3 Å². The van der Waals surface area contributed by atoms with Gasteiger partial charge in [-0.3, -0.25) is 9.59 Å². The molecule has 0 aliphatic carbocycles. The monoisotopic (exact) mass is 378 g/mol. The molecule has 2 rings (SSSR count). The Labute approximate surface area is 166 Å². The van der Waals surface area contributed by atoms with E-state index in [1.165, 1.54) is 12.5 Å². The third-order valence-corrected chi connectivity index (χ3v) is 4.42. The molecule has 0 aliphatic heterocycles. The molecule has 28 heavy (non-hydrogen) atoms. The van der Waals surface area contributed by atoms with Gasteiger partial charge < -0.3 is 10.1 Å². The zero-order valence-electron chi connectivity index (χ0n) is 16.8. The first-order valence-electron chi connectivity index (χ1n) is 9.29. The van der Waals surface area contributed by atoms with E-state index >= 15 is 0 Å². The molecule has 2 aromatic carbocycles. The van der Waals surface area contributed by atoms with E-state index in [1.54, 1.807) is 24.3 Å². The normalized spacial score (nSPS) is 12.0. The molecule has 0 heterocycles. The Balaban J connectivity index is 1.85. The zero-order chi connectivity index (χ0) is 20.7. The summed E-state index contributed by atoms with van der Waals surface area (Å²) < 4.78 is 5.22. The number of amides is 1. The first-order valence-corrected chi connectivity index (χ1v) is 9.29. The van der Waals surface area contributed by atoms with Crippen LogP contribution in [0.3, 0.4) is 0 Å². The van der Waals surface area contributed by atoms with Crippen LogP contribution in [0.15, 0.2) is 48.5 Å². The highest BCUT2D eigenvalue weighted by Gasteiger charge is 2.19. The fraction of sp³-hybridized carbons (Fsp3) is 0.348. The van der Waals surface area contributed by atoms with Gasteiger partial charge >= 0.3 is 5.97 Å². The number of rotatable bonds is 6. The van der Waals surface area contributed by atoms with E-state index in [9.17, 15) is 9.59 Å². The summed E-state index contributed by atoms with van der Waals surface area (Å²) in [6.07, 6.45) is -0.196. The lowest BCUT2D eigenvalue weighted by molar-refractivity contribution is -0.153. The van der Waals surface area contributed by atoms with E-state index in [1.807, 2.05) is 18.2 Å². The van der Waals surface area contributed by atoms with Gasteiger partial charge in [0.15, 0.2) is 6.10 Å². The summed E-state index contributed by atoms with van der Waals surface area (Å²) in [5.41, 5.74) is 3.13.